The van der Waals surface area contributed by atoms with Crippen LogP contribution in [0, 0.1) is 0 Å². The van der Waals surface area contributed by atoms with E-state index in [1.807, 2.05) is 0 Å². The Balaban J connectivity index is 2.58. The number of nitrogens with one attached hydrogen (secondary N) is 1. The Morgan fingerprint density at radius 2 is 1.57 bits per heavy atom. The average molecular weight is 526 g/mol. The van der Waals surface area contributed by atoms with Gasteiger partial charge >= 0.3 is 23.9 Å². The van der Waals surface area contributed by atoms with Crippen LogP contribution in [0.2, 0.25) is 0 Å². The highest BCUT2D eigenvalue weighted by Gasteiger charge is 2.56. The first kappa shape index (κ1) is 29.5. The maximum Gasteiger partial charge on any atom is 0.339 e. The van der Waals surface area contributed by atoms with E-state index < -0.39 is 60.5 Å². The Morgan fingerprint density at radius 1 is 0.973 bits per heavy atom. The summed E-state index contributed by atoms with van der Waals surface area (Å²) in [5.41, 5.74) is 5.79. The van der Waals surface area contributed by atoms with Crippen LogP contribution in [0.3, 0.4) is 0 Å². The summed E-state index contributed by atoms with van der Waals surface area (Å²) >= 11 is 0. The molecule has 0 aromatic heterocycles. The molecule has 1 aromatic carbocycles. The number of nitrogens with two attached hydrogens (primary N) is 1. The number of hydrogen-bond acceptors (Lipinski definition) is 13. The average Bonchev–Trinajstić information content (AvgIpc) is 2.84. The first-order valence-corrected chi connectivity index (χ1v) is 11.2. The lowest BCUT2D eigenvalue weighted by Gasteiger charge is -2.43. The largest absolute Gasteiger partial charge is 0.467 e. The Bertz CT molecular complexity index is 1010. The summed E-state index contributed by atoms with van der Waals surface area (Å²) in [7, 11) is 1.05. The minimum atomic E-state index is -1.67. The third kappa shape index (κ3) is 7.87. The SMILES string of the molecule is COC(=O)[C@H]1O[C@@H](Oc2ccc(CO)cc2C(=O)NCCN)[C@H](OC(C)=O)[C@@H](OC(C)=O)[C@@H]1OC(C)=O. The van der Waals surface area contributed by atoms with E-state index in [9.17, 15) is 29.1 Å². The molecule has 0 unspecified atom stereocenters. The van der Waals surface area contributed by atoms with Gasteiger partial charge in [0.25, 0.3) is 5.91 Å². The van der Waals surface area contributed by atoms with Crippen LogP contribution in [0.25, 0.3) is 0 Å². The molecule has 14 nitrogen and oxygen atoms in total. The van der Waals surface area contributed by atoms with Gasteiger partial charge < -0.3 is 44.6 Å². The molecule has 37 heavy (non-hydrogen) atoms. The van der Waals surface area contributed by atoms with Crippen molar-refractivity contribution < 1.29 is 57.5 Å². The Morgan fingerprint density at radius 3 is 2.11 bits per heavy atom. The number of rotatable bonds is 10. The fourth-order valence-corrected chi connectivity index (χ4v) is 3.54. The van der Waals surface area contributed by atoms with E-state index in [1.165, 1.54) is 18.2 Å². The van der Waals surface area contributed by atoms with Crippen molar-refractivity contribution in [2.24, 2.45) is 5.73 Å². The third-order valence-electron chi connectivity index (χ3n) is 4.98. The first-order chi connectivity index (χ1) is 17.5. The van der Waals surface area contributed by atoms with Crippen LogP contribution in [0.1, 0.15) is 36.7 Å². The summed E-state index contributed by atoms with van der Waals surface area (Å²) < 4.78 is 32.1. The third-order valence-corrected chi connectivity index (χ3v) is 4.98. The minimum Gasteiger partial charge on any atom is -0.467 e. The normalized spacial score (nSPS) is 22.8. The number of benzene rings is 1. The maximum absolute atomic E-state index is 12.7. The summed E-state index contributed by atoms with van der Waals surface area (Å²) in [6, 6.07) is 4.17. The Labute approximate surface area is 212 Å². The van der Waals surface area contributed by atoms with E-state index in [1.54, 1.807) is 0 Å². The number of carbonyl (C=O) groups excluding carboxylic acids is 5. The van der Waals surface area contributed by atoms with Crippen molar-refractivity contribution in [1.29, 1.82) is 0 Å². The maximum atomic E-state index is 12.7. The first-order valence-electron chi connectivity index (χ1n) is 11.2. The number of methoxy groups -OCH3 is 1. The standard InChI is InChI=1S/C23H30N2O12/c1-11(27)33-17-18(34-12(2)28)20(35-13(3)29)23(37-19(17)22(31)32-4)36-16-6-5-14(10-26)9-15(16)21(30)25-8-7-24/h5-6,9,17-20,23,26H,7-8,10,24H2,1-4H3,(H,25,30)/t17-,18-,19-,20+,23+/m0/s1. The van der Waals surface area contributed by atoms with Gasteiger partial charge in [-0.1, -0.05) is 6.07 Å². The van der Waals surface area contributed by atoms with Crippen molar-refractivity contribution >= 4 is 29.8 Å². The molecular weight excluding hydrogens is 496 g/mol. The van der Waals surface area contributed by atoms with Crippen LogP contribution >= 0.6 is 0 Å². The number of aliphatic hydroxyl groups is 1. The van der Waals surface area contributed by atoms with Gasteiger partial charge in [0, 0.05) is 33.9 Å². The van der Waals surface area contributed by atoms with E-state index in [2.05, 4.69) is 5.32 Å². The molecule has 4 N–H and O–H groups in total. The van der Waals surface area contributed by atoms with Gasteiger partial charge in [-0.3, -0.25) is 19.2 Å². The summed E-state index contributed by atoms with van der Waals surface area (Å²) in [5.74, 6) is -4.24. The lowest BCUT2D eigenvalue weighted by Crippen LogP contribution is -2.64. The van der Waals surface area contributed by atoms with E-state index in [0.29, 0.717) is 5.56 Å². The quantitative estimate of drug-likeness (QED) is 0.246. The molecule has 0 bridgehead atoms. The molecule has 14 heteroatoms. The van der Waals surface area contributed by atoms with Crippen molar-refractivity contribution in [2.75, 3.05) is 20.2 Å². The lowest BCUT2D eigenvalue weighted by molar-refractivity contribution is -0.282. The van der Waals surface area contributed by atoms with Gasteiger partial charge in [0.2, 0.25) is 12.4 Å². The van der Waals surface area contributed by atoms with Gasteiger partial charge in [0.1, 0.15) is 5.75 Å². The Kier molecular flexibility index (Phi) is 10.8. The van der Waals surface area contributed by atoms with Crippen molar-refractivity contribution in [3.63, 3.8) is 0 Å². The van der Waals surface area contributed by atoms with Crippen molar-refractivity contribution in [3.05, 3.63) is 29.3 Å². The fourth-order valence-electron chi connectivity index (χ4n) is 3.54. The molecule has 1 aromatic rings. The molecule has 1 amide bonds. The molecule has 1 aliphatic heterocycles. The second kappa shape index (κ2) is 13.5. The van der Waals surface area contributed by atoms with E-state index >= 15 is 0 Å². The van der Waals surface area contributed by atoms with Gasteiger partial charge in [0.05, 0.1) is 19.3 Å². The highest BCUT2D eigenvalue weighted by Crippen LogP contribution is 2.32. The molecule has 1 heterocycles. The lowest BCUT2D eigenvalue weighted by atomic mass is 9.97. The van der Waals surface area contributed by atoms with Gasteiger partial charge in [0.15, 0.2) is 18.3 Å². The van der Waals surface area contributed by atoms with Gasteiger partial charge in [-0.05, 0) is 17.7 Å². The second-order valence-electron chi connectivity index (χ2n) is 7.82. The van der Waals surface area contributed by atoms with Crippen LogP contribution in [0.15, 0.2) is 18.2 Å². The highest BCUT2D eigenvalue weighted by molar-refractivity contribution is 5.97. The zero-order valence-electron chi connectivity index (χ0n) is 20.8. The molecule has 1 saturated heterocycles. The molecule has 0 saturated carbocycles. The smallest absolute Gasteiger partial charge is 0.339 e. The van der Waals surface area contributed by atoms with Crippen molar-refractivity contribution in [1.82, 2.24) is 5.32 Å². The van der Waals surface area contributed by atoms with Crippen LogP contribution in [-0.2, 0) is 49.5 Å². The monoisotopic (exact) mass is 526 g/mol. The molecule has 5 atom stereocenters. The van der Waals surface area contributed by atoms with E-state index in [-0.39, 0.29) is 31.0 Å². The summed E-state index contributed by atoms with van der Waals surface area (Å²) in [6.45, 7) is 3.09. The predicted octanol–water partition coefficient (Wildman–Crippen LogP) is -1.06. The second-order valence-corrected chi connectivity index (χ2v) is 7.82. The molecule has 0 spiro atoms. The zero-order valence-corrected chi connectivity index (χ0v) is 20.8. The summed E-state index contributed by atoms with van der Waals surface area (Å²) in [6.07, 6.45) is -7.99. The predicted molar refractivity (Wildman–Crippen MR) is 122 cm³/mol. The summed E-state index contributed by atoms with van der Waals surface area (Å²) in [5, 5.41) is 12.1. The molecule has 1 fully saturated rings. The minimum absolute atomic E-state index is 0.0362. The number of carbonyl (C=O) groups is 5. The number of hydrogen-bond donors (Lipinski definition) is 3. The van der Waals surface area contributed by atoms with E-state index in [4.69, 9.17) is 34.2 Å². The summed E-state index contributed by atoms with van der Waals surface area (Å²) in [4.78, 5) is 60.9. The van der Waals surface area contributed by atoms with Crippen molar-refractivity contribution in [2.45, 2.75) is 58.1 Å². The number of aliphatic hydroxyl groups excluding tert-OH is 1. The molecule has 204 valence electrons. The zero-order chi connectivity index (χ0) is 27.7. The van der Waals surface area contributed by atoms with Crippen LogP contribution < -0.4 is 15.8 Å². The molecule has 2 rings (SSSR count). The van der Waals surface area contributed by atoms with Crippen LogP contribution in [0.5, 0.6) is 5.75 Å². The molecule has 0 radical (unpaired) electrons. The van der Waals surface area contributed by atoms with E-state index in [0.717, 1.165) is 27.9 Å². The van der Waals surface area contributed by atoms with Crippen LogP contribution in [-0.4, -0.2) is 85.8 Å². The molecule has 0 aliphatic carbocycles. The molecule has 1 aliphatic rings. The van der Waals surface area contributed by atoms with Gasteiger partial charge in [-0.15, -0.1) is 0 Å². The van der Waals surface area contributed by atoms with Gasteiger partial charge in [-0.2, -0.15) is 0 Å². The number of amides is 1. The van der Waals surface area contributed by atoms with Crippen LogP contribution in [0.4, 0.5) is 0 Å². The Hall–Kier alpha value is -3.75. The number of esters is 4. The molecular formula is C23H30N2O12. The topological polar surface area (TPSA) is 199 Å². The highest BCUT2D eigenvalue weighted by atomic mass is 16.7. The van der Waals surface area contributed by atoms with Gasteiger partial charge in [-0.25, -0.2) is 4.79 Å². The van der Waals surface area contributed by atoms with Crippen molar-refractivity contribution in [3.8, 4) is 5.75 Å². The number of ether oxygens (including phenoxy) is 6. The fraction of sp³-hybridized carbons (Fsp3) is 0.522.